The molecule has 1 aromatic heterocycles. The molecular weight excluding hydrogens is 236 g/mol. The summed E-state index contributed by atoms with van der Waals surface area (Å²) in [6, 6.07) is 19.1. The summed E-state index contributed by atoms with van der Waals surface area (Å²) < 4.78 is 5.10. The van der Waals surface area contributed by atoms with E-state index in [1.165, 1.54) is 6.07 Å². The highest BCUT2D eigenvalue weighted by molar-refractivity contribution is 5.81. The van der Waals surface area contributed by atoms with Gasteiger partial charge in [0, 0.05) is 11.5 Å². The van der Waals surface area contributed by atoms with Crippen LogP contribution in [-0.2, 0) is 0 Å². The van der Waals surface area contributed by atoms with E-state index in [9.17, 15) is 4.79 Å². The first-order valence-electron chi connectivity index (χ1n) is 6.08. The van der Waals surface area contributed by atoms with Crippen LogP contribution in [0.25, 0.3) is 23.1 Å². The first kappa shape index (κ1) is 11.5. The first-order valence-corrected chi connectivity index (χ1v) is 6.08. The molecule has 1 heterocycles. The van der Waals surface area contributed by atoms with Crippen molar-refractivity contribution < 1.29 is 4.42 Å². The molecule has 0 spiro atoms. The van der Waals surface area contributed by atoms with Crippen molar-refractivity contribution in [2.45, 2.75) is 0 Å². The van der Waals surface area contributed by atoms with Gasteiger partial charge in [-0.3, -0.25) is 0 Å². The van der Waals surface area contributed by atoms with E-state index in [0.29, 0.717) is 5.58 Å². The van der Waals surface area contributed by atoms with Crippen LogP contribution >= 0.6 is 0 Å². The predicted molar refractivity (Wildman–Crippen MR) is 77.9 cm³/mol. The van der Waals surface area contributed by atoms with Gasteiger partial charge in [0.2, 0.25) is 0 Å². The van der Waals surface area contributed by atoms with Gasteiger partial charge in [-0.15, -0.1) is 0 Å². The normalized spacial score (nSPS) is 11.2. The van der Waals surface area contributed by atoms with Crippen molar-refractivity contribution in [1.29, 1.82) is 0 Å². The number of hydrogen-bond donors (Lipinski definition) is 0. The maximum absolute atomic E-state index is 11.1. The zero-order valence-electron chi connectivity index (χ0n) is 10.2. The van der Waals surface area contributed by atoms with E-state index in [-0.39, 0.29) is 5.63 Å². The summed E-state index contributed by atoms with van der Waals surface area (Å²) in [6.07, 6.45) is 4.10. The fraction of sp³-hybridized carbons (Fsp3) is 0. The second-order valence-electron chi connectivity index (χ2n) is 4.30. The lowest BCUT2D eigenvalue weighted by atomic mass is 10.1. The number of benzene rings is 2. The van der Waals surface area contributed by atoms with Gasteiger partial charge in [-0.1, -0.05) is 48.6 Å². The molecule has 0 N–H and O–H groups in total. The summed E-state index contributed by atoms with van der Waals surface area (Å²) in [5, 5.41) is 0.926. The van der Waals surface area contributed by atoms with Crippen LogP contribution in [0.1, 0.15) is 11.1 Å². The van der Waals surface area contributed by atoms with Crippen molar-refractivity contribution in [3.8, 4) is 0 Å². The quantitative estimate of drug-likeness (QED) is 0.507. The standard InChI is InChI=1S/C17H12O2/c18-17-11-9-15-12-14(8-10-16(15)19-17)7-6-13-4-2-1-3-5-13/h1-12H/b7-6+. The van der Waals surface area contributed by atoms with Gasteiger partial charge >= 0.3 is 5.63 Å². The van der Waals surface area contributed by atoms with Crippen molar-refractivity contribution in [3.05, 3.63) is 82.2 Å². The van der Waals surface area contributed by atoms with Crippen LogP contribution in [0.5, 0.6) is 0 Å². The minimum Gasteiger partial charge on any atom is -0.423 e. The van der Waals surface area contributed by atoms with E-state index in [2.05, 4.69) is 18.2 Å². The molecule has 0 aliphatic rings. The monoisotopic (exact) mass is 248 g/mol. The average Bonchev–Trinajstić information content (AvgIpc) is 2.46. The number of rotatable bonds is 2. The zero-order chi connectivity index (χ0) is 13.1. The fourth-order valence-electron chi connectivity index (χ4n) is 1.95. The molecule has 3 rings (SSSR count). The Bertz CT molecular complexity index is 783. The Labute approximate surface area is 110 Å². The molecule has 0 radical (unpaired) electrons. The predicted octanol–water partition coefficient (Wildman–Crippen LogP) is 3.96. The molecule has 3 aromatic rings. The Morgan fingerprint density at radius 1 is 0.789 bits per heavy atom. The largest absolute Gasteiger partial charge is 0.423 e. The molecule has 19 heavy (non-hydrogen) atoms. The van der Waals surface area contributed by atoms with Crippen LogP contribution in [0, 0.1) is 0 Å². The van der Waals surface area contributed by atoms with Crippen molar-refractivity contribution in [2.75, 3.05) is 0 Å². The Hall–Kier alpha value is -2.61. The number of fused-ring (bicyclic) bond motifs is 1. The summed E-state index contributed by atoms with van der Waals surface area (Å²) in [6.45, 7) is 0. The van der Waals surface area contributed by atoms with Crippen LogP contribution in [0.4, 0.5) is 0 Å². The van der Waals surface area contributed by atoms with Gasteiger partial charge in [-0.05, 0) is 29.3 Å². The maximum atomic E-state index is 11.1. The molecule has 0 saturated carbocycles. The highest BCUT2D eigenvalue weighted by Gasteiger charge is 1.97. The van der Waals surface area contributed by atoms with Crippen LogP contribution in [0.15, 0.2) is 69.9 Å². The summed E-state index contributed by atoms with van der Waals surface area (Å²) in [5.74, 6) is 0. The summed E-state index contributed by atoms with van der Waals surface area (Å²) in [4.78, 5) is 11.1. The molecule has 0 unspecified atom stereocenters. The van der Waals surface area contributed by atoms with E-state index < -0.39 is 0 Å². The van der Waals surface area contributed by atoms with Gasteiger partial charge in [0.25, 0.3) is 0 Å². The lowest BCUT2D eigenvalue weighted by Gasteiger charge is -1.98. The molecule has 0 atom stereocenters. The lowest BCUT2D eigenvalue weighted by molar-refractivity contribution is 0.561. The molecule has 0 saturated heterocycles. The maximum Gasteiger partial charge on any atom is 0.336 e. The van der Waals surface area contributed by atoms with E-state index >= 15 is 0 Å². The van der Waals surface area contributed by atoms with Gasteiger partial charge < -0.3 is 4.42 Å². The van der Waals surface area contributed by atoms with Crippen LogP contribution in [0.3, 0.4) is 0 Å². The van der Waals surface area contributed by atoms with Crippen LogP contribution < -0.4 is 5.63 Å². The highest BCUT2D eigenvalue weighted by Crippen LogP contribution is 2.16. The molecule has 2 aromatic carbocycles. The Balaban J connectivity index is 1.96. The van der Waals surface area contributed by atoms with Crippen molar-refractivity contribution in [2.24, 2.45) is 0 Å². The highest BCUT2D eigenvalue weighted by atomic mass is 16.4. The van der Waals surface area contributed by atoms with Gasteiger partial charge in [0.05, 0.1) is 0 Å². The smallest absolute Gasteiger partial charge is 0.336 e. The van der Waals surface area contributed by atoms with Crippen molar-refractivity contribution in [3.63, 3.8) is 0 Å². The average molecular weight is 248 g/mol. The fourth-order valence-corrected chi connectivity index (χ4v) is 1.95. The van der Waals surface area contributed by atoms with Gasteiger partial charge in [-0.2, -0.15) is 0 Å². The summed E-state index contributed by atoms with van der Waals surface area (Å²) in [7, 11) is 0. The third-order valence-electron chi connectivity index (χ3n) is 2.91. The zero-order valence-corrected chi connectivity index (χ0v) is 10.2. The van der Waals surface area contributed by atoms with Crippen LogP contribution in [-0.4, -0.2) is 0 Å². The van der Waals surface area contributed by atoms with Crippen molar-refractivity contribution >= 4 is 23.1 Å². The van der Waals surface area contributed by atoms with E-state index in [0.717, 1.165) is 16.5 Å². The Morgan fingerprint density at radius 3 is 2.42 bits per heavy atom. The SMILES string of the molecule is O=c1ccc2cc(/C=C/c3ccccc3)ccc2o1. The summed E-state index contributed by atoms with van der Waals surface area (Å²) >= 11 is 0. The molecule has 0 aliphatic heterocycles. The van der Waals surface area contributed by atoms with Gasteiger partial charge in [0.1, 0.15) is 5.58 Å². The Kier molecular flexibility index (Phi) is 2.99. The molecule has 92 valence electrons. The Morgan fingerprint density at radius 2 is 1.58 bits per heavy atom. The minimum atomic E-state index is -0.319. The third-order valence-corrected chi connectivity index (χ3v) is 2.91. The van der Waals surface area contributed by atoms with E-state index in [4.69, 9.17) is 4.42 Å². The molecule has 0 amide bonds. The third kappa shape index (κ3) is 2.63. The molecular formula is C17H12O2. The molecule has 0 bridgehead atoms. The molecule has 0 fully saturated rings. The molecule has 2 nitrogen and oxygen atoms in total. The molecule has 2 heteroatoms. The minimum absolute atomic E-state index is 0.319. The van der Waals surface area contributed by atoms with E-state index in [1.54, 1.807) is 6.07 Å². The first-order chi connectivity index (χ1) is 9.31. The van der Waals surface area contributed by atoms with Crippen molar-refractivity contribution in [1.82, 2.24) is 0 Å². The second-order valence-corrected chi connectivity index (χ2v) is 4.30. The van der Waals surface area contributed by atoms with Gasteiger partial charge in [-0.25, -0.2) is 4.79 Å². The second kappa shape index (κ2) is 4.94. The lowest BCUT2D eigenvalue weighted by Crippen LogP contribution is -1.93. The topological polar surface area (TPSA) is 30.2 Å². The van der Waals surface area contributed by atoms with Crippen LogP contribution in [0.2, 0.25) is 0 Å². The number of hydrogen-bond acceptors (Lipinski definition) is 2. The summed E-state index contributed by atoms with van der Waals surface area (Å²) in [5.41, 5.74) is 2.52. The molecule has 0 aliphatic carbocycles. The van der Waals surface area contributed by atoms with Gasteiger partial charge in [0.15, 0.2) is 0 Å². The van der Waals surface area contributed by atoms with E-state index in [1.807, 2.05) is 42.5 Å².